The Morgan fingerprint density at radius 1 is 1.13 bits per heavy atom. The highest BCUT2D eigenvalue weighted by atomic mass is 32.2. The Hall–Kier alpha value is -2.27. The Morgan fingerprint density at radius 3 is 2.52 bits per heavy atom. The zero-order chi connectivity index (χ0) is 22.2. The second-order valence-corrected chi connectivity index (χ2v) is 11.4. The second-order valence-electron chi connectivity index (χ2n) is 7.54. The first-order valence-electron chi connectivity index (χ1n) is 9.93. The summed E-state index contributed by atoms with van der Waals surface area (Å²) in [5, 5.41) is 1.95. The summed E-state index contributed by atoms with van der Waals surface area (Å²) in [7, 11) is -3.70. The monoisotopic (exact) mass is 477 g/mol. The Balaban J connectivity index is 1.48. The number of aromatic nitrogens is 1. The molecule has 1 saturated heterocycles. The first-order valence-corrected chi connectivity index (χ1v) is 13.1. The number of nitrogens with zero attached hydrogens (tertiary/aromatic N) is 3. The van der Waals surface area contributed by atoms with Gasteiger partial charge in [-0.3, -0.25) is 14.2 Å². The van der Waals surface area contributed by atoms with Crippen LogP contribution < -0.4 is 4.87 Å². The minimum Gasteiger partial charge on any atom is -0.337 e. The number of fused-ring (bicyclic) bond motifs is 1. The maximum Gasteiger partial charge on any atom is 0.308 e. The summed E-state index contributed by atoms with van der Waals surface area (Å²) in [4.78, 5) is 27.4. The summed E-state index contributed by atoms with van der Waals surface area (Å²) >= 11 is 2.61. The van der Waals surface area contributed by atoms with E-state index in [1.807, 2.05) is 31.4 Å². The van der Waals surface area contributed by atoms with E-state index >= 15 is 0 Å². The number of hydrogen-bond donors (Lipinski definition) is 0. The second kappa shape index (κ2) is 8.70. The van der Waals surface area contributed by atoms with Crippen LogP contribution in [0.2, 0.25) is 0 Å². The highest BCUT2D eigenvalue weighted by Crippen LogP contribution is 2.26. The van der Waals surface area contributed by atoms with Crippen molar-refractivity contribution in [2.75, 3.05) is 26.2 Å². The van der Waals surface area contributed by atoms with Gasteiger partial charge in [0, 0.05) is 43.2 Å². The van der Waals surface area contributed by atoms with E-state index in [4.69, 9.17) is 0 Å². The van der Waals surface area contributed by atoms with Gasteiger partial charge in [0.05, 0.1) is 15.1 Å². The number of amides is 1. The third-order valence-corrected chi connectivity index (χ3v) is 8.87. The van der Waals surface area contributed by atoms with E-state index in [2.05, 4.69) is 0 Å². The third-order valence-electron chi connectivity index (χ3n) is 5.22. The summed E-state index contributed by atoms with van der Waals surface area (Å²) in [6.07, 6.45) is 3.31. The molecule has 4 rings (SSSR count). The van der Waals surface area contributed by atoms with Crippen molar-refractivity contribution >= 4 is 54.9 Å². The SMILES string of the molecule is CC(C)n1c(=O)sc2cc(S(=O)(=O)N3CCN(C(=O)C=Cc4cccs4)CC3)ccc21. The van der Waals surface area contributed by atoms with Gasteiger partial charge in [0.15, 0.2) is 0 Å². The lowest BCUT2D eigenvalue weighted by atomic mass is 10.3. The first kappa shape index (κ1) is 21.9. The normalized spacial score (nSPS) is 16.0. The van der Waals surface area contributed by atoms with Crippen molar-refractivity contribution in [1.29, 1.82) is 0 Å². The fourth-order valence-corrected chi connectivity index (χ4v) is 6.80. The van der Waals surface area contributed by atoms with E-state index < -0.39 is 10.0 Å². The zero-order valence-corrected chi connectivity index (χ0v) is 19.7. The highest BCUT2D eigenvalue weighted by molar-refractivity contribution is 7.89. The number of carbonyl (C=O) groups excluding carboxylic acids is 1. The Kier molecular flexibility index (Phi) is 6.16. The molecular formula is C21H23N3O4S3. The number of thiazole rings is 1. The molecule has 164 valence electrons. The molecule has 31 heavy (non-hydrogen) atoms. The maximum atomic E-state index is 13.1. The van der Waals surface area contributed by atoms with Crippen molar-refractivity contribution in [1.82, 2.24) is 13.8 Å². The van der Waals surface area contributed by atoms with Crippen LogP contribution in [-0.2, 0) is 14.8 Å². The van der Waals surface area contributed by atoms with Crippen molar-refractivity contribution in [3.63, 3.8) is 0 Å². The Bertz CT molecular complexity index is 1280. The molecule has 0 N–H and O–H groups in total. The molecule has 2 aromatic heterocycles. The van der Waals surface area contributed by atoms with Gasteiger partial charge in [-0.05, 0) is 49.6 Å². The number of sulfonamides is 1. The number of thiophene rings is 1. The molecule has 3 aromatic rings. The third kappa shape index (κ3) is 4.38. The van der Waals surface area contributed by atoms with Crippen LogP contribution in [0.4, 0.5) is 0 Å². The van der Waals surface area contributed by atoms with Crippen LogP contribution >= 0.6 is 22.7 Å². The van der Waals surface area contributed by atoms with Crippen LogP contribution in [0.1, 0.15) is 24.8 Å². The average molecular weight is 478 g/mol. The number of hydrogen-bond acceptors (Lipinski definition) is 6. The van der Waals surface area contributed by atoms with Crippen molar-refractivity contribution in [3.8, 4) is 0 Å². The molecule has 3 heterocycles. The minimum atomic E-state index is -3.70. The lowest BCUT2D eigenvalue weighted by Crippen LogP contribution is -2.50. The van der Waals surface area contributed by atoms with Crippen LogP contribution in [0, 0.1) is 0 Å². The van der Waals surface area contributed by atoms with Crippen LogP contribution in [0.15, 0.2) is 51.5 Å². The lowest BCUT2D eigenvalue weighted by molar-refractivity contribution is -0.127. The molecular weight excluding hydrogens is 454 g/mol. The van der Waals surface area contributed by atoms with E-state index in [1.54, 1.807) is 45.1 Å². The van der Waals surface area contributed by atoms with Gasteiger partial charge in [0.2, 0.25) is 15.9 Å². The lowest BCUT2D eigenvalue weighted by Gasteiger charge is -2.33. The van der Waals surface area contributed by atoms with E-state index in [0.29, 0.717) is 17.8 Å². The molecule has 7 nitrogen and oxygen atoms in total. The average Bonchev–Trinajstić information content (AvgIpc) is 3.38. The summed E-state index contributed by atoms with van der Waals surface area (Å²) in [6.45, 7) is 5.01. The largest absolute Gasteiger partial charge is 0.337 e. The summed E-state index contributed by atoms with van der Waals surface area (Å²) in [5.74, 6) is -0.119. The standard InChI is InChI=1S/C21H23N3O4S3/c1-15(2)24-18-7-6-17(14-19(18)30-21(24)26)31(27,28)23-11-9-22(10-12-23)20(25)8-5-16-4-3-13-29-16/h3-8,13-15H,9-12H2,1-2H3. The molecule has 1 aliphatic heterocycles. The molecule has 0 bridgehead atoms. The quantitative estimate of drug-likeness (QED) is 0.529. The first-order chi connectivity index (χ1) is 14.8. The van der Waals surface area contributed by atoms with Crippen molar-refractivity contribution < 1.29 is 13.2 Å². The summed E-state index contributed by atoms with van der Waals surface area (Å²) < 4.78 is 30.0. The molecule has 10 heteroatoms. The maximum absolute atomic E-state index is 13.1. The van der Waals surface area contributed by atoms with E-state index in [0.717, 1.165) is 21.7 Å². The smallest absolute Gasteiger partial charge is 0.308 e. The predicted molar refractivity (Wildman–Crippen MR) is 125 cm³/mol. The minimum absolute atomic E-state index is 0.00295. The van der Waals surface area contributed by atoms with Crippen molar-refractivity contribution in [2.45, 2.75) is 24.8 Å². The summed E-state index contributed by atoms with van der Waals surface area (Å²) in [5.41, 5.74) is 0.747. The van der Waals surface area contributed by atoms with Gasteiger partial charge in [-0.15, -0.1) is 11.3 Å². The molecule has 0 spiro atoms. The van der Waals surface area contributed by atoms with Crippen LogP contribution in [0.3, 0.4) is 0 Å². The van der Waals surface area contributed by atoms with E-state index in [-0.39, 0.29) is 34.8 Å². The molecule has 1 amide bonds. The summed E-state index contributed by atoms with van der Waals surface area (Å²) in [6, 6.07) is 8.70. The number of benzene rings is 1. The van der Waals surface area contributed by atoms with Crippen molar-refractivity contribution in [2.24, 2.45) is 0 Å². The van der Waals surface area contributed by atoms with Crippen molar-refractivity contribution in [3.05, 3.63) is 56.3 Å². The Labute approximate surface area is 188 Å². The van der Waals surface area contributed by atoms with Gasteiger partial charge in [0.25, 0.3) is 0 Å². The molecule has 1 aliphatic rings. The zero-order valence-electron chi connectivity index (χ0n) is 17.2. The van der Waals surface area contributed by atoms with Gasteiger partial charge >= 0.3 is 4.87 Å². The fourth-order valence-electron chi connectivity index (χ4n) is 3.61. The van der Waals surface area contributed by atoms with Gasteiger partial charge < -0.3 is 4.90 Å². The van der Waals surface area contributed by atoms with Gasteiger partial charge in [-0.2, -0.15) is 4.31 Å². The van der Waals surface area contributed by atoms with Gasteiger partial charge in [-0.25, -0.2) is 8.42 Å². The molecule has 0 saturated carbocycles. The highest BCUT2D eigenvalue weighted by Gasteiger charge is 2.30. The fraction of sp³-hybridized carbons (Fsp3) is 0.333. The van der Waals surface area contributed by atoms with Gasteiger partial charge in [-0.1, -0.05) is 17.4 Å². The number of piperazine rings is 1. The van der Waals surface area contributed by atoms with Crippen LogP contribution in [0.5, 0.6) is 0 Å². The Morgan fingerprint density at radius 2 is 1.87 bits per heavy atom. The van der Waals surface area contributed by atoms with Crippen LogP contribution in [0.25, 0.3) is 16.3 Å². The topological polar surface area (TPSA) is 79.7 Å². The predicted octanol–water partition coefficient (Wildman–Crippen LogP) is 3.25. The molecule has 0 radical (unpaired) electrons. The van der Waals surface area contributed by atoms with Crippen LogP contribution in [-0.4, -0.2) is 54.3 Å². The molecule has 1 aromatic carbocycles. The van der Waals surface area contributed by atoms with Gasteiger partial charge in [0.1, 0.15) is 0 Å². The number of rotatable bonds is 5. The van der Waals surface area contributed by atoms with E-state index in [9.17, 15) is 18.0 Å². The molecule has 1 fully saturated rings. The molecule has 0 aliphatic carbocycles. The van der Waals surface area contributed by atoms with E-state index in [1.165, 1.54) is 10.4 Å². The number of carbonyl (C=O) groups is 1. The molecule has 0 unspecified atom stereocenters. The molecule has 0 atom stereocenters.